The summed E-state index contributed by atoms with van der Waals surface area (Å²) in [7, 11) is 0. The van der Waals surface area contributed by atoms with Crippen LogP contribution in [0.4, 0.5) is 8.78 Å². The predicted molar refractivity (Wildman–Crippen MR) is 24.8 cm³/mol. The standard InChI is InChI=1S/C4H4F2O4/c5-4(6,3(9)10)1-2(7)8/h1H2,(H,7,8)(H,9,10). The Balaban J connectivity index is 4.13. The van der Waals surface area contributed by atoms with Crippen LogP contribution in [0.1, 0.15) is 6.42 Å². The van der Waals surface area contributed by atoms with Gasteiger partial charge in [0, 0.05) is 0 Å². The number of halogens is 2. The van der Waals surface area contributed by atoms with E-state index in [-0.39, 0.29) is 0 Å². The van der Waals surface area contributed by atoms with E-state index in [4.69, 9.17) is 10.2 Å². The first kappa shape index (κ1) is 8.80. The first-order valence-corrected chi connectivity index (χ1v) is 2.19. The Morgan fingerprint density at radius 3 is 1.80 bits per heavy atom. The molecule has 0 rings (SSSR count). The van der Waals surface area contributed by atoms with Crippen LogP contribution in [0.2, 0.25) is 0 Å². The molecule has 0 aliphatic rings. The van der Waals surface area contributed by atoms with Crippen molar-refractivity contribution in [2.45, 2.75) is 12.3 Å². The van der Waals surface area contributed by atoms with Gasteiger partial charge in [0.05, 0.1) is 0 Å². The van der Waals surface area contributed by atoms with Crippen molar-refractivity contribution >= 4 is 11.9 Å². The van der Waals surface area contributed by atoms with Crippen LogP contribution in [0.5, 0.6) is 0 Å². The van der Waals surface area contributed by atoms with Crippen LogP contribution >= 0.6 is 0 Å². The molecule has 0 aliphatic carbocycles. The Bertz CT molecular complexity index is 165. The molecule has 0 amide bonds. The van der Waals surface area contributed by atoms with E-state index in [1.807, 2.05) is 0 Å². The molecule has 0 saturated heterocycles. The van der Waals surface area contributed by atoms with Crippen LogP contribution in [0.15, 0.2) is 0 Å². The van der Waals surface area contributed by atoms with Crippen molar-refractivity contribution in [2.24, 2.45) is 0 Å². The van der Waals surface area contributed by atoms with E-state index >= 15 is 0 Å². The van der Waals surface area contributed by atoms with Crippen LogP contribution in [-0.4, -0.2) is 28.1 Å². The number of carbonyl (C=O) groups is 2. The second-order valence-corrected chi connectivity index (χ2v) is 1.58. The van der Waals surface area contributed by atoms with Crippen LogP contribution in [0.25, 0.3) is 0 Å². The summed E-state index contributed by atoms with van der Waals surface area (Å²) in [5.41, 5.74) is 0. The summed E-state index contributed by atoms with van der Waals surface area (Å²) in [5, 5.41) is 15.4. The third-order valence-corrected chi connectivity index (χ3v) is 0.686. The van der Waals surface area contributed by atoms with E-state index < -0.39 is 24.3 Å². The summed E-state index contributed by atoms with van der Waals surface area (Å²) in [4.78, 5) is 19.1. The summed E-state index contributed by atoms with van der Waals surface area (Å²) < 4.78 is 23.6. The number of carboxylic acids is 2. The lowest BCUT2D eigenvalue weighted by Gasteiger charge is -2.05. The molecule has 6 heteroatoms. The maximum absolute atomic E-state index is 11.8. The smallest absolute Gasteiger partial charge is 0.375 e. The summed E-state index contributed by atoms with van der Waals surface area (Å²) in [5.74, 6) is -8.42. The molecule has 2 N–H and O–H groups in total. The Labute approximate surface area is 54.1 Å². The SMILES string of the molecule is O=C(O)CC(F)(F)C(=O)O. The third-order valence-electron chi connectivity index (χ3n) is 0.686. The van der Waals surface area contributed by atoms with E-state index in [1.54, 1.807) is 0 Å². The molecule has 0 spiro atoms. The molecule has 0 unspecified atom stereocenters. The molecule has 0 aromatic carbocycles. The van der Waals surface area contributed by atoms with Gasteiger partial charge in [0.25, 0.3) is 0 Å². The molecule has 0 atom stereocenters. The molecule has 0 radical (unpaired) electrons. The maximum atomic E-state index is 11.8. The molecular weight excluding hydrogens is 150 g/mol. The normalized spacial score (nSPS) is 11.0. The van der Waals surface area contributed by atoms with Crippen molar-refractivity contribution in [1.82, 2.24) is 0 Å². The maximum Gasteiger partial charge on any atom is 0.375 e. The van der Waals surface area contributed by atoms with Gasteiger partial charge in [-0.1, -0.05) is 0 Å². The first-order valence-electron chi connectivity index (χ1n) is 2.19. The zero-order valence-corrected chi connectivity index (χ0v) is 4.67. The van der Waals surface area contributed by atoms with Crippen molar-refractivity contribution in [1.29, 1.82) is 0 Å². The lowest BCUT2D eigenvalue weighted by Crippen LogP contribution is -2.30. The van der Waals surface area contributed by atoms with Gasteiger partial charge in [-0.25, -0.2) is 4.79 Å². The quantitative estimate of drug-likeness (QED) is 0.608. The van der Waals surface area contributed by atoms with Gasteiger partial charge in [0.15, 0.2) is 0 Å². The number of carboxylic acid groups (broad SMARTS) is 2. The number of rotatable bonds is 3. The average molecular weight is 154 g/mol. The molecule has 0 aromatic rings. The number of hydrogen-bond donors (Lipinski definition) is 2. The Morgan fingerprint density at radius 2 is 1.70 bits per heavy atom. The van der Waals surface area contributed by atoms with E-state index in [9.17, 15) is 18.4 Å². The van der Waals surface area contributed by atoms with Crippen molar-refractivity contribution in [3.63, 3.8) is 0 Å². The highest BCUT2D eigenvalue weighted by atomic mass is 19.3. The number of hydrogen-bond acceptors (Lipinski definition) is 2. The van der Waals surface area contributed by atoms with Gasteiger partial charge >= 0.3 is 17.9 Å². The molecular formula is C4H4F2O4. The van der Waals surface area contributed by atoms with Crippen molar-refractivity contribution in [2.75, 3.05) is 0 Å². The minimum Gasteiger partial charge on any atom is -0.481 e. The molecule has 0 heterocycles. The van der Waals surface area contributed by atoms with Crippen LogP contribution in [-0.2, 0) is 9.59 Å². The second kappa shape index (κ2) is 2.59. The highest BCUT2D eigenvalue weighted by Gasteiger charge is 2.41. The summed E-state index contributed by atoms with van der Waals surface area (Å²) in [6.07, 6.45) is -1.68. The second-order valence-electron chi connectivity index (χ2n) is 1.58. The predicted octanol–water partition coefficient (Wildman–Crippen LogP) is 0.181. The summed E-state index contributed by atoms with van der Waals surface area (Å²) in [6.45, 7) is 0. The van der Waals surface area contributed by atoms with E-state index in [0.717, 1.165) is 0 Å². The summed E-state index contributed by atoms with van der Waals surface area (Å²) in [6, 6.07) is 0. The first-order chi connectivity index (χ1) is 4.36. The van der Waals surface area contributed by atoms with Gasteiger partial charge in [-0.3, -0.25) is 4.79 Å². The lowest BCUT2D eigenvalue weighted by atomic mass is 10.2. The summed E-state index contributed by atoms with van der Waals surface area (Å²) >= 11 is 0. The van der Waals surface area contributed by atoms with Crippen LogP contribution < -0.4 is 0 Å². The average Bonchev–Trinajstić information content (AvgIpc) is 1.60. The fourth-order valence-corrected chi connectivity index (χ4v) is 0.266. The molecule has 58 valence electrons. The molecule has 10 heavy (non-hydrogen) atoms. The van der Waals surface area contributed by atoms with E-state index in [1.165, 1.54) is 0 Å². The molecule has 0 fully saturated rings. The van der Waals surface area contributed by atoms with Gasteiger partial charge < -0.3 is 10.2 Å². The van der Waals surface area contributed by atoms with Gasteiger partial charge in [-0.2, -0.15) is 8.78 Å². The molecule has 0 saturated carbocycles. The monoisotopic (exact) mass is 154 g/mol. The van der Waals surface area contributed by atoms with E-state index in [2.05, 4.69) is 0 Å². The molecule has 0 aliphatic heterocycles. The van der Waals surface area contributed by atoms with Gasteiger partial charge in [-0.05, 0) is 0 Å². The Hall–Kier alpha value is -1.20. The zero-order chi connectivity index (χ0) is 8.36. The molecule has 0 bridgehead atoms. The topological polar surface area (TPSA) is 74.6 Å². The highest BCUT2D eigenvalue weighted by molar-refractivity contribution is 5.81. The number of aliphatic carboxylic acids is 2. The molecule has 4 nitrogen and oxygen atoms in total. The Morgan fingerprint density at radius 1 is 1.30 bits per heavy atom. The fourth-order valence-electron chi connectivity index (χ4n) is 0.266. The van der Waals surface area contributed by atoms with Gasteiger partial charge in [0.1, 0.15) is 6.42 Å². The van der Waals surface area contributed by atoms with E-state index in [0.29, 0.717) is 0 Å². The van der Waals surface area contributed by atoms with Crippen molar-refractivity contribution in [3.8, 4) is 0 Å². The van der Waals surface area contributed by atoms with Crippen LogP contribution in [0, 0.1) is 0 Å². The minimum absolute atomic E-state index is 1.68. The minimum atomic E-state index is -4.16. The largest absolute Gasteiger partial charge is 0.481 e. The highest BCUT2D eigenvalue weighted by Crippen LogP contribution is 2.17. The zero-order valence-electron chi connectivity index (χ0n) is 4.67. The van der Waals surface area contributed by atoms with Gasteiger partial charge in [0.2, 0.25) is 0 Å². The van der Waals surface area contributed by atoms with Crippen molar-refractivity contribution in [3.05, 3.63) is 0 Å². The van der Waals surface area contributed by atoms with Crippen LogP contribution in [0.3, 0.4) is 0 Å². The Kier molecular flexibility index (Phi) is 2.28. The molecule has 0 aromatic heterocycles. The lowest BCUT2D eigenvalue weighted by molar-refractivity contribution is -0.171. The van der Waals surface area contributed by atoms with Gasteiger partial charge in [-0.15, -0.1) is 0 Å². The third kappa shape index (κ3) is 2.38. The number of alkyl halides is 2. The van der Waals surface area contributed by atoms with Crippen molar-refractivity contribution < 1.29 is 28.6 Å². The fraction of sp³-hybridized carbons (Fsp3) is 0.500.